The highest BCUT2D eigenvalue weighted by atomic mass is 19.4. The van der Waals surface area contributed by atoms with Gasteiger partial charge in [-0.3, -0.25) is 9.59 Å². The van der Waals surface area contributed by atoms with E-state index >= 15 is 0 Å². The number of carboxylic acid groups (broad SMARTS) is 1. The molecular formula is C15H14F3NO5. The van der Waals surface area contributed by atoms with Crippen LogP contribution < -0.4 is 10.1 Å². The average Bonchev–Trinajstić information content (AvgIpc) is 3.08. The Hall–Kier alpha value is -2.29. The Morgan fingerprint density at radius 3 is 2.25 bits per heavy atom. The van der Waals surface area contributed by atoms with E-state index in [9.17, 15) is 27.9 Å². The maximum absolute atomic E-state index is 12.4. The molecule has 24 heavy (non-hydrogen) atoms. The van der Waals surface area contributed by atoms with Crippen LogP contribution in [-0.2, 0) is 14.3 Å². The fourth-order valence-electron chi connectivity index (χ4n) is 3.29. The van der Waals surface area contributed by atoms with Gasteiger partial charge in [-0.25, -0.2) is 0 Å². The number of amides is 1. The number of halogens is 3. The highest BCUT2D eigenvalue weighted by molar-refractivity contribution is 5.96. The summed E-state index contributed by atoms with van der Waals surface area (Å²) in [5.74, 6) is -3.73. The van der Waals surface area contributed by atoms with Gasteiger partial charge in [0, 0.05) is 5.69 Å². The first-order chi connectivity index (χ1) is 11.2. The van der Waals surface area contributed by atoms with Gasteiger partial charge < -0.3 is 19.9 Å². The Balaban J connectivity index is 1.67. The Bertz CT molecular complexity index is 646. The molecule has 0 saturated carbocycles. The topological polar surface area (TPSA) is 84.9 Å². The molecule has 1 amide bonds. The van der Waals surface area contributed by atoms with Crippen LogP contribution in [0, 0.1) is 11.8 Å². The van der Waals surface area contributed by atoms with Crippen LogP contribution >= 0.6 is 0 Å². The lowest BCUT2D eigenvalue weighted by atomic mass is 9.78. The first-order valence-electron chi connectivity index (χ1n) is 7.29. The fraction of sp³-hybridized carbons (Fsp3) is 0.467. The van der Waals surface area contributed by atoms with Crippen LogP contribution in [0.2, 0.25) is 0 Å². The number of carbonyl (C=O) groups is 2. The minimum absolute atomic E-state index is 0.251. The number of carbonyl (C=O) groups excluding carboxylic acids is 1. The molecule has 4 atom stereocenters. The Labute approximate surface area is 134 Å². The summed E-state index contributed by atoms with van der Waals surface area (Å²) < 4.78 is 45.5. The Kier molecular flexibility index (Phi) is 4.12. The van der Waals surface area contributed by atoms with Gasteiger partial charge in [0.15, 0.2) is 0 Å². The van der Waals surface area contributed by atoms with Gasteiger partial charge in [-0.05, 0) is 37.1 Å². The van der Waals surface area contributed by atoms with Gasteiger partial charge >= 0.3 is 12.3 Å². The van der Waals surface area contributed by atoms with Crippen molar-refractivity contribution in [2.24, 2.45) is 11.8 Å². The second-order valence-corrected chi connectivity index (χ2v) is 5.74. The summed E-state index contributed by atoms with van der Waals surface area (Å²) >= 11 is 0. The number of anilines is 1. The molecule has 0 aliphatic carbocycles. The van der Waals surface area contributed by atoms with Crippen molar-refractivity contribution in [3.05, 3.63) is 24.3 Å². The number of alkyl halides is 3. The number of hydrogen-bond acceptors (Lipinski definition) is 4. The van der Waals surface area contributed by atoms with Crippen LogP contribution in [0.25, 0.3) is 0 Å². The number of carboxylic acids is 1. The molecule has 6 nitrogen and oxygen atoms in total. The van der Waals surface area contributed by atoms with Gasteiger partial charge in [-0.2, -0.15) is 0 Å². The minimum Gasteiger partial charge on any atom is -0.481 e. The van der Waals surface area contributed by atoms with Gasteiger partial charge in [-0.1, -0.05) is 0 Å². The second kappa shape index (κ2) is 5.97. The maximum atomic E-state index is 12.4. The van der Waals surface area contributed by atoms with Crippen molar-refractivity contribution in [3.8, 4) is 5.75 Å². The maximum Gasteiger partial charge on any atom is 0.573 e. The molecule has 0 spiro atoms. The van der Waals surface area contributed by atoms with E-state index in [0.29, 0.717) is 12.8 Å². The molecule has 130 valence electrons. The molecule has 0 unspecified atom stereocenters. The van der Waals surface area contributed by atoms with Crippen LogP contribution in [0.15, 0.2) is 24.3 Å². The van der Waals surface area contributed by atoms with Crippen LogP contribution in [0.3, 0.4) is 0 Å². The molecule has 2 bridgehead atoms. The van der Waals surface area contributed by atoms with Gasteiger partial charge in [0.1, 0.15) is 5.75 Å². The molecule has 2 N–H and O–H groups in total. The van der Waals surface area contributed by atoms with E-state index in [-0.39, 0.29) is 5.69 Å². The zero-order valence-corrected chi connectivity index (χ0v) is 12.2. The normalized spacial score (nSPS) is 28.6. The zero-order chi connectivity index (χ0) is 17.5. The van der Waals surface area contributed by atoms with Crippen LogP contribution in [0.5, 0.6) is 5.75 Å². The number of hydrogen-bond donors (Lipinski definition) is 2. The van der Waals surface area contributed by atoms with E-state index in [4.69, 9.17) is 4.74 Å². The number of aliphatic carboxylic acids is 1. The molecule has 2 heterocycles. The van der Waals surface area contributed by atoms with Crippen LogP contribution in [0.4, 0.5) is 18.9 Å². The van der Waals surface area contributed by atoms with Crippen molar-refractivity contribution in [3.63, 3.8) is 0 Å². The number of rotatable bonds is 4. The predicted octanol–water partition coefficient (Wildman–Crippen LogP) is 2.40. The van der Waals surface area contributed by atoms with Crippen LogP contribution in [0.1, 0.15) is 12.8 Å². The van der Waals surface area contributed by atoms with E-state index in [1.165, 1.54) is 12.1 Å². The SMILES string of the molecule is O=C(O)[C@@H]1[C@@H](C(=O)Nc2ccc(OC(F)(F)F)cc2)[C@H]2CC[C@@H]1O2. The molecule has 3 rings (SSSR count). The number of benzene rings is 1. The molecule has 9 heteroatoms. The third kappa shape index (κ3) is 3.30. The highest BCUT2D eigenvalue weighted by Gasteiger charge is 2.55. The molecule has 2 fully saturated rings. The third-order valence-electron chi connectivity index (χ3n) is 4.22. The molecule has 2 saturated heterocycles. The summed E-state index contributed by atoms with van der Waals surface area (Å²) in [7, 11) is 0. The summed E-state index contributed by atoms with van der Waals surface area (Å²) in [5, 5.41) is 11.8. The van der Waals surface area contributed by atoms with Gasteiger partial charge in [0.05, 0.1) is 24.0 Å². The van der Waals surface area contributed by atoms with E-state index in [1.807, 2.05) is 0 Å². The third-order valence-corrected chi connectivity index (χ3v) is 4.22. The Morgan fingerprint density at radius 2 is 1.71 bits per heavy atom. The summed E-state index contributed by atoms with van der Waals surface area (Å²) in [6, 6.07) is 4.63. The van der Waals surface area contributed by atoms with Crippen molar-refractivity contribution in [1.82, 2.24) is 0 Å². The van der Waals surface area contributed by atoms with Crippen molar-refractivity contribution in [2.45, 2.75) is 31.4 Å². The predicted molar refractivity (Wildman–Crippen MR) is 74.3 cm³/mol. The van der Waals surface area contributed by atoms with E-state index in [2.05, 4.69) is 10.1 Å². The first-order valence-corrected chi connectivity index (χ1v) is 7.29. The highest BCUT2D eigenvalue weighted by Crippen LogP contribution is 2.44. The largest absolute Gasteiger partial charge is 0.573 e. The van der Waals surface area contributed by atoms with Crippen molar-refractivity contribution >= 4 is 17.6 Å². The summed E-state index contributed by atoms with van der Waals surface area (Å²) in [5.41, 5.74) is 0.251. The van der Waals surface area contributed by atoms with Gasteiger partial charge in [-0.15, -0.1) is 13.2 Å². The first kappa shape index (κ1) is 16.6. The number of ether oxygens (including phenoxy) is 2. The summed E-state index contributed by atoms with van der Waals surface area (Å²) in [6.07, 6.45) is -4.48. The lowest BCUT2D eigenvalue weighted by molar-refractivity contribution is -0.274. The summed E-state index contributed by atoms with van der Waals surface area (Å²) in [4.78, 5) is 23.7. The van der Waals surface area contributed by atoms with Crippen LogP contribution in [-0.4, -0.2) is 35.6 Å². The van der Waals surface area contributed by atoms with Crippen molar-refractivity contribution in [1.29, 1.82) is 0 Å². The molecule has 1 aromatic carbocycles. The molecule has 0 aromatic heterocycles. The minimum atomic E-state index is -4.79. The number of nitrogens with one attached hydrogen (secondary N) is 1. The number of fused-ring (bicyclic) bond motifs is 2. The van der Waals surface area contributed by atoms with Crippen molar-refractivity contribution < 1.29 is 37.3 Å². The lowest BCUT2D eigenvalue weighted by Gasteiger charge is -2.23. The molecule has 1 aromatic rings. The average molecular weight is 345 g/mol. The zero-order valence-electron chi connectivity index (χ0n) is 12.2. The molecular weight excluding hydrogens is 331 g/mol. The molecule has 2 aliphatic heterocycles. The quantitative estimate of drug-likeness (QED) is 0.875. The van der Waals surface area contributed by atoms with Crippen molar-refractivity contribution in [2.75, 3.05) is 5.32 Å². The Morgan fingerprint density at radius 1 is 1.12 bits per heavy atom. The standard InChI is InChI=1S/C15H14F3NO5/c16-15(17,18)24-8-3-1-7(2-4-8)19-13(20)11-9-5-6-10(23-9)12(11)14(21)22/h1-4,9-12H,5-6H2,(H,19,20)(H,21,22)/t9-,10+,11+,12+/m1/s1. The molecule has 2 aliphatic rings. The van der Waals surface area contributed by atoms with Gasteiger partial charge in [0.25, 0.3) is 0 Å². The van der Waals surface area contributed by atoms with Gasteiger partial charge in [0.2, 0.25) is 5.91 Å². The molecule has 0 radical (unpaired) electrons. The monoisotopic (exact) mass is 345 g/mol. The lowest BCUT2D eigenvalue weighted by Crippen LogP contribution is -2.40. The second-order valence-electron chi connectivity index (χ2n) is 5.74. The van der Waals surface area contributed by atoms with E-state index in [1.54, 1.807) is 0 Å². The fourth-order valence-corrected chi connectivity index (χ4v) is 3.29. The van der Waals surface area contributed by atoms with E-state index in [0.717, 1.165) is 12.1 Å². The van der Waals surface area contributed by atoms with E-state index < -0.39 is 48.0 Å². The summed E-state index contributed by atoms with van der Waals surface area (Å²) in [6.45, 7) is 0. The smallest absolute Gasteiger partial charge is 0.481 e.